The van der Waals surface area contributed by atoms with E-state index in [0.29, 0.717) is 17.9 Å². The minimum Gasteiger partial charge on any atom is -0.351 e. The molecule has 0 spiro atoms. The Labute approximate surface area is 117 Å². The number of anilines is 2. The van der Waals surface area contributed by atoms with Gasteiger partial charge in [-0.2, -0.15) is 0 Å². The number of nitrogens with zero attached hydrogens (tertiary/aromatic N) is 1. The van der Waals surface area contributed by atoms with E-state index in [9.17, 15) is 9.59 Å². The van der Waals surface area contributed by atoms with Gasteiger partial charge in [-0.3, -0.25) is 9.69 Å². The van der Waals surface area contributed by atoms with Gasteiger partial charge in [-0.15, -0.1) is 0 Å². The Morgan fingerprint density at radius 1 is 1.20 bits per heavy atom. The highest BCUT2D eigenvalue weighted by Crippen LogP contribution is 2.14. The van der Waals surface area contributed by atoms with Crippen molar-refractivity contribution in [3.8, 4) is 0 Å². The molecule has 0 saturated carbocycles. The van der Waals surface area contributed by atoms with Crippen molar-refractivity contribution >= 4 is 23.3 Å². The van der Waals surface area contributed by atoms with E-state index in [-0.39, 0.29) is 5.91 Å². The molecule has 0 radical (unpaired) electrons. The number of rotatable bonds is 4. The monoisotopic (exact) mass is 277 g/mol. The molecule has 1 aromatic carbocycles. The lowest BCUT2D eigenvalue weighted by Crippen LogP contribution is -2.46. The summed E-state index contributed by atoms with van der Waals surface area (Å²) in [5, 5.41) is 8.52. The van der Waals surface area contributed by atoms with Crippen LogP contribution in [0.5, 0.6) is 0 Å². The summed E-state index contributed by atoms with van der Waals surface area (Å²) < 4.78 is 0. The molecule has 1 aliphatic heterocycles. The number of piperazine rings is 1. The van der Waals surface area contributed by atoms with Crippen LogP contribution in [0.3, 0.4) is 0 Å². The molecule has 1 heterocycles. The lowest BCUT2D eigenvalue weighted by atomic mass is 10.2. The average Bonchev–Trinajstić information content (AvgIpc) is 2.39. The maximum Gasteiger partial charge on any atom is 0.316 e. The molecule has 1 saturated heterocycles. The summed E-state index contributed by atoms with van der Waals surface area (Å²) in [7, 11) is 0. The predicted octanol–water partition coefficient (Wildman–Crippen LogP) is 0.0209. The van der Waals surface area contributed by atoms with Gasteiger partial charge < -0.3 is 21.7 Å². The van der Waals surface area contributed by atoms with Crippen LogP contribution in [0.4, 0.5) is 16.2 Å². The number of hydrogen-bond acceptors (Lipinski definition) is 4. The summed E-state index contributed by atoms with van der Waals surface area (Å²) in [4.78, 5) is 24.8. The normalized spacial score (nSPS) is 15.6. The molecule has 1 aromatic rings. The van der Waals surface area contributed by atoms with Gasteiger partial charge in [0.2, 0.25) is 5.91 Å². The third kappa shape index (κ3) is 4.52. The Bertz CT molecular complexity index is 485. The van der Waals surface area contributed by atoms with Crippen molar-refractivity contribution in [2.24, 2.45) is 5.73 Å². The van der Waals surface area contributed by atoms with E-state index >= 15 is 0 Å². The first kappa shape index (κ1) is 14.3. The zero-order valence-corrected chi connectivity index (χ0v) is 11.2. The van der Waals surface area contributed by atoms with Gasteiger partial charge in [-0.05, 0) is 18.2 Å². The Morgan fingerprint density at radius 2 is 1.85 bits per heavy atom. The second kappa shape index (κ2) is 6.88. The third-order valence-electron chi connectivity index (χ3n) is 2.99. The molecule has 0 atom stereocenters. The van der Waals surface area contributed by atoms with Gasteiger partial charge in [-0.1, -0.05) is 6.07 Å². The van der Waals surface area contributed by atoms with E-state index in [2.05, 4.69) is 20.9 Å². The van der Waals surface area contributed by atoms with Gasteiger partial charge in [0.1, 0.15) is 0 Å². The molecular weight excluding hydrogens is 258 g/mol. The number of nitrogens with one attached hydrogen (secondary N) is 3. The Balaban J connectivity index is 1.88. The van der Waals surface area contributed by atoms with Crippen LogP contribution in [0.25, 0.3) is 0 Å². The Morgan fingerprint density at radius 3 is 2.50 bits per heavy atom. The topological polar surface area (TPSA) is 99.5 Å². The van der Waals surface area contributed by atoms with Gasteiger partial charge in [0.05, 0.1) is 6.54 Å². The molecule has 1 fully saturated rings. The molecule has 7 heteroatoms. The van der Waals surface area contributed by atoms with E-state index < -0.39 is 6.03 Å². The van der Waals surface area contributed by atoms with Gasteiger partial charge in [0.15, 0.2) is 0 Å². The summed E-state index contributed by atoms with van der Waals surface area (Å²) >= 11 is 0. The summed E-state index contributed by atoms with van der Waals surface area (Å²) in [6, 6.07) is 6.25. The van der Waals surface area contributed by atoms with E-state index in [0.717, 1.165) is 26.2 Å². The molecule has 5 N–H and O–H groups in total. The van der Waals surface area contributed by atoms with Crippen LogP contribution in [-0.2, 0) is 4.79 Å². The first-order valence-electron chi connectivity index (χ1n) is 6.53. The zero-order valence-electron chi connectivity index (χ0n) is 11.2. The highest BCUT2D eigenvalue weighted by molar-refractivity contribution is 5.94. The minimum atomic E-state index is -0.630. The molecule has 1 aliphatic rings. The van der Waals surface area contributed by atoms with Crippen LogP contribution in [-0.4, -0.2) is 49.6 Å². The first-order chi connectivity index (χ1) is 9.63. The fourth-order valence-electron chi connectivity index (χ4n) is 2.09. The fraction of sp³-hybridized carbons (Fsp3) is 0.385. The number of amides is 3. The highest BCUT2D eigenvalue weighted by atomic mass is 16.2. The second-order valence-corrected chi connectivity index (χ2v) is 4.64. The summed E-state index contributed by atoms with van der Waals surface area (Å²) in [5.74, 6) is -0.0666. The van der Waals surface area contributed by atoms with Gasteiger partial charge in [0, 0.05) is 37.6 Å². The molecule has 7 nitrogen and oxygen atoms in total. The molecule has 3 amide bonds. The SMILES string of the molecule is NC(=O)Nc1cccc(NC(=O)CN2CCNCC2)c1. The summed E-state index contributed by atoms with van der Waals surface area (Å²) in [5.41, 5.74) is 6.24. The van der Waals surface area contributed by atoms with Gasteiger partial charge in [0.25, 0.3) is 0 Å². The molecule has 20 heavy (non-hydrogen) atoms. The maximum absolute atomic E-state index is 11.9. The zero-order chi connectivity index (χ0) is 14.4. The van der Waals surface area contributed by atoms with Crippen molar-refractivity contribution < 1.29 is 9.59 Å². The van der Waals surface area contributed by atoms with Crippen molar-refractivity contribution in [3.05, 3.63) is 24.3 Å². The van der Waals surface area contributed by atoms with Crippen LogP contribution >= 0.6 is 0 Å². The van der Waals surface area contributed by atoms with E-state index in [1.54, 1.807) is 24.3 Å². The van der Waals surface area contributed by atoms with E-state index in [1.807, 2.05) is 0 Å². The predicted molar refractivity (Wildman–Crippen MR) is 77.6 cm³/mol. The quantitative estimate of drug-likeness (QED) is 0.623. The number of primary amides is 1. The van der Waals surface area contributed by atoms with Gasteiger partial charge >= 0.3 is 6.03 Å². The number of benzene rings is 1. The smallest absolute Gasteiger partial charge is 0.316 e. The van der Waals surface area contributed by atoms with Crippen molar-refractivity contribution in [2.75, 3.05) is 43.4 Å². The minimum absolute atomic E-state index is 0.0666. The first-order valence-corrected chi connectivity index (χ1v) is 6.53. The number of urea groups is 1. The second-order valence-electron chi connectivity index (χ2n) is 4.64. The molecule has 0 bridgehead atoms. The third-order valence-corrected chi connectivity index (χ3v) is 2.99. The lowest BCUT2D eigenvalue weighted by molar-refractivity contribution is -0.117. The highest BCUT2D eigenvalue weighted by Gasteiger charge is 2.13. The maximum atomic E-state index is 11.9. The van der Waals surface area contributed by atoms with Crippen LogP contribution in [0, 0.1) is 0 Å². The van der Waals surface area contributed by atoms with Crippen LogP contribution in [0.2, 0.25) is 0 Å². The Kier molecular flexibility index (Phi) is 4.91. The largest absolute Gasteiger partial charge is 0.351 e. The summed E-state index contributed by atoms with van der Waals surface area (Å²) in [6.45, 7) is 3.93. The molecule has 0 aromatic heterocycles. The molecule has 0 aliphatic carbocycles. The van der Waals surface area contributed by atoms with Crippen molar-refractivity contribution in [1.82, 2.24) is 10.2 Å². The van der Waals surface area contributed by atoms with E-state index in [4.69, 9.17) is 5.73 Å². The fourth-order valence-corrected chi connectivity index (χ4v) is 2.09. The number of carbonyl (C=O) groups excluding carboxylic acids is 2. The molecule has 0 unspecified atom stereocenters. The molecule has 108 valence electrons. The van der Waals surface area contributed by atoms with Crippen molar-refractivity contribution in [3.63, 3.8) is 0 Å². The van der Waals surface area contributed by atoms with Gasteiger partial charge in [-0.25, -0.2) is 4.79 Å². The standard InChI is InChI=1S/C13H19N5O2/c14-13(20)17-11-3-1-2-10(8-11)16-12(19)9-18-6-4-15-5-7-18/h1-3,8,15H,4-7,9H2,(H,16,19)(H3,14,17,20). The van der Waals surface area contributed by atoms with Crippen LogP contribution in [0.15, 0.2) is 24.3 Å². The van der Waals surface area contributed by atoms with Crippen molar-refractivity contribution in [2.45, 2.75) is 0 Å². The van der Waals surface area contributed by atoms with E-state index in [1.165, 1.54) is 0 Å². The van der Waals surface area contributed by atoms with Crippen LogP contribution in [0.1, 0.15) is 0 Å². The van der Waals surface area contributed by atoms with Crippen LogP contribution < -0.4 is 21.7 Å². The average molecular weight is 277 g/mol. The number of carbonyl (C=O) groups is 2. The molecular formula is C13H19N5O2. The summed E-state index contributed by atoms with van der Waals surface area (Å²) in [6.07, 6.45) is 0. The number of hydrogen-bond donors (Lipinski definition) is 4. The number of nitrogens with two attached hydrogens (primary N) is 1. The molecule has 2 rings (SSSR count). The lowest BCUT2D eigenvalue weighted by Gasteiger charge is -2.26. The Hall–Kier alpha value is -2.12. The van der Waals surface area contributed by atoms with Crippen molar-refractivity contribution in [1.29, 1.82) is 0 Å².